The van der Waals surface area contributed by atoms with Gasteiger partial charge in [0.15, 0.2) is 0 Å². The fourth-order valence-corrected chi connectivity index (χ4v) is 4.10. The zero-order chi connectivity index (χ0) is 15.8. The third-order valence-corrected chi connectivity index (χ3v) is 5.35. The Labute approximate surface area is 138 Å². The van der Waals surface area contributed by atoms with E-state index >= 15 is 0 Å². The molecule has 0 spiro atoms. The lowest BCUT2D eigenvalue weighted by Crippen LogP contribution is -1.92. The van der Waals surface area contributed by atoms with Gasteiger partial charge in [-0.1, -0.05) is 42.5 Å². The number of nitrogens with one attached hydrogen (secondary N) is 1. The van der Waals surface area contributed by atoms with E-state index in [-0.39, 0.29) is 0 Å². The molecule has 1 heterocycles. The van der Waals surface area contributed by atoms with Crippen LogP contribution in [-0.4, -0.2) is 0 Å². The number of fused-ring (bicyclic) bond motifs is 3. The van der Waals surface area contributed by atoms with Crippen LogP contribution in [-0.2, 0) is 0 Å². The Morgan fingerprint density at radius 1 is 0.826 bits per heavy atom. The van der Waals surface area contributed by atoms with E-state index < -0.39 is 0 Å². The quantitative estimate of drug-likeness (QED) is 0.494. The first kappa shape index (κ1) is 13.8. The molecule has 0 saturated heterocycles. The first-order valence-corrected chi connectivity index (χ1v) is 8.26. The molecule has 0 aliphatic rings. The number of aryl methyl sites for hydroxylation is 1. The Bertz CT molecular complexity index is 1070. The molecule has 0 bridgehead atoms. The number of hydrogen-bond acceptors (Lipinski definition) is 3. The summed E-state index contributed by atoms with van der Waals surface area (Å²) >= 11 is 1.68. The van der Waals surface area contributed by atoms with Crippen molar-refractivity contribution in [1.82, 2.24) is 0 Å². The molecule has 0 amide bonds. The van der Waals surface area contributed by atoms with E-state index in [2.05, 4.69) is 54.7 Å². The van der Waals surface area contributed by atoms with Crippen molar-refractivity contribution in [2.45, 2.75) is 6.92 Å². The van der Waals surface area contributed by atoms with Gasteiger partial charge in [0, 0.05) is 16.5 Å². The molecule has 0 saturated carbocycles. The van der Waals surface area contributed by atoms with Crippen LogP contribution in [0.5, 0.6) is 0 Å². The van der Waals surface area contributed by atoms with Gasteiger partial charge >= 0.3 is 0 Å². The molecule has 1 aromatic heterocycles. The average molecular weight is 314 g/mol. The molecule has 4 aromatic rings. The van der Waals surface area contributed by atoms with Crippen LogP contribution in [0.2, 0.25) is 0 Å². The second-order valence-corrected chi connectivity index (χ2v) is 6.54. The molecule has 0 unspecified atom stereocenters. The molecule has 23 heavy (non-hydrogen) atoms. The van der Waals surface area contributed by atoms with Gasteiger partial charge in [0.1, 0.15) is 6.07 Å². The molecule has 3 aromatic carbocycles. The fraction of sp³-hybridized carbons (Fsp3) is 0.0500. The summed E-state index contributed by atoms with van der Waals surface area (Å²) in [7, 11) is 0. The number of para-hydroxylation sites is 1. The van der Waals surface area contributed by atoms with E-state index in [1.54, 1.807) is 11.3 Å². The Kier molecular flexibility index (Phi) is 3.25. The lowest BCUT2D eigenvalue weighted by molar-refractivity contribution is 1.44. The third kappa shape index (κ3) is 2.25. The van der Waals surface area contributed by atoms with E-state index in [1.165, 1.54) is 15.6 Å². The van der Waals surface area contributed by atoms with Crippen LogP contribution in [0.3, 0.4) is 0 Å². The predicted molar refractivity (Wildman–Crippen MR) is 98.5 cm³/mol. The summed E-state index contributed by atoms with van der Waals surface area (Å²) in [5.41, 5.74) is 4.15. The van der Waals surface area contributed by atoms with Gasteiger partial charge in [0.2, 0.25) is 0 Å². The van der Waals surface area contributed by atoms with Crippen molar-refractivity contribution in [3.05, 3.63) is 71.8 Å². The lowest BCUT2D eigenvalue weighted by atomic mass is 10.1. The number of hydrogen-bond donors (Lipinski definition) is 1. The summed E-state index contributed by atoms with van der Waals surface area (Å²) in [6.45, 7) is 2.10. The number of rotatable bonds is 2. The van der Waals surface area contributed by atoms with Gasteiger partial charge in [0.25, 0.3) is 0 Å². The largest absolute Gasteiger partial charge is 0.354 e. The molecule has 0 radical (unpaired) electrons. The Morgan fingerprint density at radius 3 is 2.30 bits per heavy atom. The smallest absolute Gasteiger partial charge is 0.101 e. The molecule has 0 aliphatic heterocycles. The number of nitriles is 1. The average Bonchev–Trinajstić information content (AvgIpc) is 2.97. The van der Waals surface area contributed by atoms with Crippen molar-refractivity contribution >= 4 is 42.9 Å². The first-order valence-electron chi connectivity index (χ1n) is 7.45. The molecule has 2 nitrogen and oxygen atoms in total. The normalized spacial score (nSPS) is 10.8. The van der Waals surface area contributed by atoms with Gasteiger partial charge in [0.05, 0.1) is 20.7 Å². The Morgan fingerprint density at radius 2 is 1.52 bits per heavy atom. The van der Waals surface area contributed by atoms with Crippen LogP contribution in [0.25, 0.3) is 20.2 Å². The van der Waals surface area contributed by atoms with E-state index in [1.807, 2.05) is 24.3 Å². The maximum Gasteiger partial charge on any atom is 0.101 e. The van der Waals surface area contributed by atoms with Crippen LogP contribution in [0, 0.1) is 18.3 Å². The monoisotopic (exact) mass is 314 g/mol. The van der Waals surface area contributed by atoms with Crippen LogP contribution in [0.15, 0.2) is 60.7 Å². The number of anilines is 2. The minimum atomic E-state index is 0.741. The van der Waals surface area contributed by atoms with Crippen molar-refractivity contribution < 1.29 is 0 Å². The van der Waals surface area contributed by atoms with Crippen molar-refractivity contribution in [2.24, 2.45) is 0 Å². The molecule has 4 rings (SSSR count). The zero-order valence-corrected chi connectivity index (χ0v) is 13.4. The maximum atomic E-state index is 9.34. The lowest BCUT2D eigenvalue weighted by Gasteiger charge is -2.10. The summed E-state index contributed by atoms with van der Waals surface area (Å²) in [4.78, 5) is 0. The van der Waals surface area contributed by atoms with Gasteiger partial charge in [-0.2, -0.15) is 5.26 Å². The number of nitrogens with zero attached hydrogens (tertiary/aromatic N) is 1. The topological polar surface area (TPSA) is 35.8 Å². The van der Waals surface area contributed by atoms with E-state index in [4.69, 9.17) is 0 Å². The summed E-state index contributed by atoms with van der Waals surface area (Å²) in [6, 6.07) is 22.8. The van der Waals surface area contributed by atoms with Crippen molar-refractivity contribution in [2.75, 3.05) is 5.32 Å². The van der Waals surface area contributed by atoms with Crippen LogP contribution in [0.1, 0.15) is 11.1 Å². The van der Waals surface area contributed by atoms with E-state index in [0.717, 1.165) is 27.0 Å². The first-order chi connectivity index (χ1) is 11.3. The predicted octanol–water partition coefficient (Wildman–Crippen LogP) is 5.98. The second kappa shape index (κ2) is 5.42. The van der Waals surface area contributed by atoms with Crippen molar-refractivity contribution in [3.8, 4) is 6.07 Å². The highest BCUT2D eigenvalue weighted by atomic mass is 32.1. The van der Waals surface area contributed by atoms with Gasteiger partial charge in [-0.25, -0.2) is 0 Å². The Balaban J connectivity index is 1.95. The standard InChI is InChI=1S/C20H14N2S/c1-13-6-2-3-10-17(13)22-18-11-5-9-16-15-8-4-7-14(12-21)19(15)23-20(16)18/h2-11,22H,1H3. The summed E-state index contributed by atoms with van der Waals surface area (Å²) < 4.78 is 2.25. The van der Waals surface area contributed by atoms with Gasteiger partial charge in [-0.3, -0.25) is 0 Å². The number of thiophene rings is 1. The third-order valence-electron chi connectivity index (χ3n) is 4.06. The van der Waals surface area contributed by atoms with Crippen LogP contribution in [0.4, 0.5) is 11.4 Å². The summed E-state index contributed by atoms with van der Waals surface area (Å²) in [6.07, 6.45) is 0. The Hall–Kier alpha value is -2.83. The van der Waals surface area contributed by atoms with Gasteiger partial charge in [-0.05, 0) is 30.7 Å². The molecule has 3 heteroatoms. The second-order valence-electron chi connectivity index (χ2n) is 5.52. The highest BCUT2D eigenvalue weighted by Crippen LogP contribution is 2.40. The van der Waals surface area contributed by atoms with Gasteiger partial charge in [-0.15, -0.1) is 11.3 Å². The molecule has 0 atom stereocenters. The molecule has 1 N–H and O–H groups in total. The van der Waals surface area contributed by atoms with Crippen LogP contribution < -0.4 is 5.32 Å². The molecular formula is C20H14N2S. The SMILES string of the molecule is Cc1ccccc1Nc1cccc2c1sc1c(C#N)cccc12. The van der Waals surface area contributed by atoms with Crippen molar-refractivity contribution in [3.63, 3.8) is 0 Å². The zero-order valence-electron chi connectivity index (χ0n) is 12.6. The minimum Gasteiger partial charge on any atom is -0.354 e. The minimum absolute atomic E-state index is 0.741. The van der Waals surface area contributed by atoms with E-state index in [9.17, 15) is 5.26 Å². The molecule has 110 valence electrons. The van der Waals surface area contributed by atoms with Crippen molar-refractivity contribution in [1.29, 1.82) is 5.26 Å². The summed E-state index contributed by atoms with van der Waals surface area (Å²) in [5.74, 6) is 0. The van der Waals surface area contributed by atoms with Gasteiger partial charge < -0.3 is 5.32 Å². The van der Waals surface area contributed by atoms with E-state index in [0.29, 0.717) is 0 Å². The highest BCUT2D eigenvalue weighted by Gasteiger charge is 2.11. The summed E-state index contributed by atoms with van der Waals surface area (Å²) in [5, 5.41) is 15.2. The molecular weight excluding hydrogens is 300 g/mol. The molecule has 0 fully saturated rings. The fourth-order valence-electron chi connectivity index (χ4n) is 2.86. The number of benzene rings is 3. The molecule has 0 aliphatic carbocycles. The maximum absolute atomic E-state index is 9.34. The van der Waals surface area contributed by atoms with Crippen LogP contribution >= 0.6 is 11.3 Å². The highest BCUT2D eigenvalue weighted by molar-refractivity contribution is 7.26.